The van der Waals surface area contributed by atoms with Crippen molar-refractivity contribution < 1.29 is 9.53 Å². The number of hydrogen-bond donors (Lipinski definition) is 2. The van der Waals surface area contributed by atoms with Gasteiger partial charge in [0.05, 0.1) is 19.7 Å². The molecule has 0 unspecified atom stereocenters. The standard InChI is InChI=1S/C13H18N4O3/c1-7-12(13(19)16-15-7)9(5-11(18)20-4)10-6-14-17(3)8(10)2/h6,9H,5H2,1-4H3,(H2,15,16,19)/t9-/m1/s1. The number of nitrogens with zero attached hydrogens (tertiary/aromatic N) is 2. The Kier molecular flexibility index (Phi) is 3.78. The minimum absolute atomic E-state index is 0.102. The van der Waals surface area contributed by atoms with Crippen molar-refractivity contribution in [2.24, 2.45) is 7.05 Å². The minimum Gasteiger partial charge on any atom is -0.469 e. The minimum atomic E-state index is -0.369. The summed E-state index contributed by atoms with van der Waals surface area (Å²) in [5.74, 6) is -0.732. The van der Waals surface area contributed by atoms with E-state index < -0.39 is 0 Å². The van der Waals surface area contributed by atoms with E-state index in [0.29, 0.717) is 11.3 Å². The molecule has 0 spiro atoms. The van der Waals surface area contributed by atoms with Crippen LogP contribution in [0.3, 0.4) is 0 Å². The van der Waals surface area contributed by atoms with Crippen LogP contribution in [0.15, 0.2) is 11.0 Å². The number of carbonyl (C=O) groups excluding carboxylic acids is 1. The van der Waals surface area contributed by atoms with Crippen molar-refractivity contribution in [3.63, 3.8) is 0 Å². The summed E-state index contributed by atoms with van der Waals surface area (Å²) in [7, 11) is 3.16. The molecule has 1 atom stereocenters. The van der Waals surface area contributed by atoms with Gasteiger partial charge in [0.15, 0.2) is 0 Å². The van der Waals surface area contributed by atoms with Crippen LogP contribution in [0.5, 0.6) is 0 Å². The number of ether oxygens (including phenoxy) is 1. The van der Waals surface area contributed by atoms with E-state index >= 15 is 0 Å². The summed E-state index contributed by atoms with van der Waals surface area (Å²) < 4.78 is 6.46. The molecule has 2 N–H and O–H groups in total. The SMILES string of the molecule is COC(=O)C[C@H](c1cnn(C)c1C)c1c(C)[nH][nH]c1=O. The number of H-pyrrole nitrogens is 2. The normalized spacial score (nSPS) is 12.4. The van der Waals surface area contributed by atoms with Gasteiger partial charge in [-0.15, -0.1) is 0 Å². The summed E-state index contributed by atoms with van der Waals surface area (Å²) in [5, 5.41) is 9.51. The fourth-order valence-electron chi connectivity index (χ4n) is 2.35. The zero-order valence-electron chi connectivity index (χ0n) is 12.0. The summed E-state index contributed by atoms with van der Waals surface area (Å²) in [6, 6.07) is 0. The van der Waals surface area contributed by atoms with Crippen LogP contribution in [0, 0.1) is 13.8 Å². The molecule has 2 heterocycles. The molecule has 2 rings (SSSR count). The van der Waals surface area contributed by atoms with E-state index in [1.165, 1.54) is 7.11 Å². The van der Waals surface area contributed by atoms with E-state index in [4.69, 9.17) is 4.74 Å². The molecule has 0 saturated carbocycles. The van der Waals surface area contributed by atoms with Gasteiger partial charge in [-0.05, 0) is 13.8 Å². The summed E-state index contributed by atoms with van der Waals surface area (Å²) >= 11 is 0. The number of aryl methyl sites for hydroxylation is 2. The van der Waals surface area contributed by atoms with Crippen molar-refractivity contribution in [1.82, 2.24) is 20.0 Å². The van der Waals surface area contributed by atoms with E-state index in [-0.39, 0.29) is 23.9 Å². The van der Waals surface area contributed by atoms with Crippen molar-refractivity contribution >= 4 is 5.97 Å². The predicted octanol–water partition coefficient (Wildman–Crippen LogP) is 0.748. The van der Waals surface area contributed by atoms with Gasteiger partial charge in [0.1, 0.15) is 0 Å². The maximum atomic E-state index is 12.0. The van der Waals surface area contributed by atoms with Gasteiger partial charge in [-0.2, -0.15) is 5.10 Å². The molecule has 2 aromatic rings. The van der Waals surface area contributed by atoms with Gasteiger partial charge in [0.25, 0.3) is 5.56 Å². The van der Waals surface area contributed by atoms with Gasteiger partial charge in [-0.3, -0.25) is 19.4 Å². The molecule has 0 aliphatic heterocycles. The van der Waals surface area contributed by atoms with Crippen LogP contribution < -0.4 is 5.56 Å². The fourth-order valence-corrected chi connectivity index (χ4v) is 2.35. The maximum Gasteiger partial charge on any atom is 0.306 e. The van der Waals surface area contributed by atoms with Crippen LogP contribution in [-0.2, 0) is 16.6 Å². The summed E-state index contributed by atoms with van der Waals surface area (Å²) in [4.78, 5) is 23.6. The Labute approximate surface area is 115 Å². The van der Waals surface area contributed by atoms with Gasteiger partial charge in [-0.1, -0.05) is 0 Å². The number of rotatable bonds is 4. The van der Waals surface area contributed by atoms with Crippen LogP contribution in [-0.4, -0.2) is 33.1 Å². The quantitative estimate of drug-likeness (QED) is 0.807. The number of aromatic nitrogens is 4. The maximum absolute atomic E-state index is 12.0. The Morgan fingerprint density at radius 3 is 2.60 bits per heavy atom. The Balaban J connectivity index is 2.53. The third kappa shape index (κ3) is 2.38. The molecular weight excluding hydrogens is 260 g/mol. The first-order chi connectivity index (χ1) is 9.45. The van der Waals surface area contributed by atoms with Crippen molar-refractivity contribution in [1.29, 1.82) is 0 Å². The molecule has 2 aromatic heterocycles. The zero-order valence-corrected chi connectivity index (χ0v) is 12.0. The average Bonchev–Trinajstić information content (AvgIpc) is 2.92. The molecule has 20 heavy (non-hydrogen) atoms. The Hall–Kier alpha value is -2.31. The van der Waals surface area contributed by atoms with E-state index in [2.05, 4.69) is 15.3 Å². The molecule has 0 aromatic carbocycles. The molecule has 7 heteroatoms. The van der Waals surface area contributed by atoms with Gasteiger partial charge in [0, 0.05) is 35.5 Å². The molecule has 0 aliphatic carbocycles. The lowest BCUT2D eigenvalue weighted by Crippen LogP contribution is -2.17. The van der Waals surface area contributed by atoms with Crippen LogP contribution in [0.4, 0.5) is 0 Å². The molecule has 108 valence electrons. The van der Waals surface area contributed by atoms with Crippen LogP contribution in [0.1, 0.15) is 34.9 Å². The van der Waals surface area contributed by atoms with Crippen molar-refractivity contribution in [3.05, 3.63) is 39.1 Å². The second-order valence-electron chi connectivity index (χ2n) is 4.76. The first-order valence-electron chi connectivity index (χ1n) is 6.28. The van der Waals surface area contributed by atoms with Crippen LogP contribution in [0.25, 0.3) is 0 Å². The third-order valence-electron chi connectivity index (χ3n) is 3.61. The summed E-state index contributed by atoms with van der Waals surface area (Å²) in [5.41, 5.74) is 2.81. The summed E-state index contributed by atoms with van der Waals surface area (Å²) in [6.07, 6.45) is 1.79. The largest absolute Gasteiger partial charge is 0.469 e. The molecule has 0 fully saturated rings. The van der Waals surface area contributed by atoms with Crippen molar-refractivity contribution in [3.8, 4) is 0 Å². The first kappa shape index (κ1) is 14.1. The third-order valence-corrected chi connectivity index (χ3v) is 3.61. The lowest BCUT2D eigenvalue weighted by Gasteiger charge is -2.14. The van der Waals surface area contributed by atoms with Gasteiger partial charge in [-0.25, -0.2) is 0 Å². The number of esters is 1. The van der Waals surface area contributed by atoms with Gasteiger partial charge in [0.2, 0.25) is 0 Å². The van der Waals surface area contributed by atoms with Crippen molar-refractivity contribution in [2.45, 2.75) is 26.2 Å². The molecule has 0 amide bonds. The van der Waals surface area contributed by atoms with Gasteiger partial charge >= 0.3 is 5.97 Å². The zero-order chi connectivity index (χ0) is 14.9. The van der Waals surface area contributed by atoms with E-state index in [1.807, 2.05) is 14.0 Å². The highest BCUT2D eigenvalue weighted by Crippen LogP contribution is 2.29. The van der Waals surface area contributed by atoms with Crippen LogP contribution in [0.2, 0.25) is 0 Å². The number of aromatic amines is 2. The number of methoxy groups -OCH3 is 1. The monoisotopic (exact) mass is 278 g/mol. The molecule has 0 radical (unpaired) electrons. The van der Waals surface area contributed by atoms with E-state index in [1.54, 1.807) is 17.8 Å². The Bertz CT molecular complexity index is 680. The van der Waals surface area contributed by atoms with E-state index in [9.17, 15) is 9.59 Å². The lowest BCUT2D eigenvalue weighted by atomic mass is 9.89. The predicted molar refractivity (Wildman–Crippen MR) is 72.6 cm³/mol. The number of nitrogens with one attached hydrogen (secondary N) is 2. The smallest absolute Gasteiger partial charge is 0.306 e. The number of carbonyl (C=O) groups is 1. The highest BCUT2D eigenvalue weighted by Gasteiger charge is 2.27. The average molecular weight is 278 g/mol. The van der Waals surface area contributed by atoms with Crippen molar-refractivity contribution in [2.75, 3.05) is 7.11 Å². The molecule has 0 bridgehead atoms. The van der Waals surface area contributed by atoms with Gasteiger partial charge < -0.3 is 9.84 Å². The first-order valence-corrected chi connectivity index (χ1v) is 6.28. The highest BCUT2D eigenvalue weighted by atomic mass is 16.5. The Morgan fingerprint density at radius 1 is 1.45 bits per heavy atom. The second kappa shape index (κ2) is 5.36. The highest BCUT2D eigenvalue weighted by molar-refractivity contribution is 5.71. The summed E-state index contributed by atoms with van der Waals surface area (Å²) in [6.45, 7) is 3.70. The molecule has 7 nitrogen and oxygen atoms in total. The lowest BCUT2D eigenvalue weighted by molar-refractivity contribution is -0.140. The van der Waals surface area contributed by atoms with Crippen LogP contribution >= 0.6 is 0 Å². The molecule has 0 aliphatic rings. The topological polar surface area (TPSA) is 92.8 Å². The van der Waals surface area contributed by atoms with E-state index in [0.717, 1.165) is 11.3 Å². The Morgan fingerprint density at radius 2 is 2.15 bits per heavy atom. The second-order valence-corrected chi connectivity index (χ2v) is 4.76. The fraction of sp³-hybridized carbons (Fsp3) is 0.462. The molecular formula is C13H18N4O3. The number of hydrogen-bond acceptors (Lipinski definition) is 4. The molecule has 0 saturated heterocycles.